The molecule has 2 aromatic rings. The van der Waals surface area contributed by atoms with E-state index in [1.807, 2.05) is 13.0 Å². The Bertz CT molecular complexity index is 959. The number of amides is 3. The van der Waals surface area contributed by atoms with E-state index in [9.17, 15) is 23.2 Å². The van der Waals surface area contributed by atoms with Gasteiger partial charge >= 0.3 is 0 Å². The van der Waals surface area contributed by atoms with Crippen LogP contribution in [0.15, 0.2) is 36.4 Å². The molecule has 1 unspecified atom stereocenters. The quantitative estimate of drug-likeness (QED) is 0.597. The number of hydrogen-bond donors (Lipinski definition) is 3. The highest BCUT2D eigenvalue weighted by atomic mass is 19.1. The fourth-order valence-electron chi connectivity index (χ4n) is 2.85. The lowest BCUT2D eigenvalue weighted by Gasteiger charge is -2.22. The Hall–Kier alpha value is -3.49. The second-order valence-corrected chi connectivity index (χ2v) is 7.26. The Kier molecular flexibility index (Phi) is 8.07. The van der Waals surface area contributed by atoms with Crippen LogP contribution in [-0.2, 0) is 9.59 Å². The summed E-state index contributed by atoms with van der Waals surface area (Å²) >= 11 is 0. The summed E-state index contributed by atoms with van der Waals surface area (Å²) < 4.78 is 32.9. The lowest BCUT2D eigenvalue weighted by Crippen LogP contribution is -2.51. The van der Waals surface area contributed by atoms with Crippen molar-refractivity contribution in [3.05, 3.63) is 59.2 Å². The Morgan fingerprint density at radius 2 is 1.71 bits per heavy atom. The van der Waals surface area contributed by atoms with Crippen LogP contribution in [0.3, 0.4) is 0 Å². The summed E-state index contributed by atoms with van der Waals surface area (Å²) in [5, 5.41) is 7.40. The number of methoxy groups -OCH3 is 1. The number of anilines is 1. The Morgan fingerprint density at radius 1 is 1.06 bits per heavy atom. The summed E-state index contributed by atoms with van der Waals surface area (Å²) in [5.74, 6) is -4.24. The van der Waals surface area contributed by atoms with Gasteiger partial charge < -0.3 is 20.7 Å². The molecule has 0 aromatic heterocycles. The van der Waals surface area contributed by atoms with E-state index in [0.29, 0.717) is 11.4 Å². The van der Waals surface area contributed by atoms with Crippen LogP contribution in [0.2, 0.25) is 0 Å². The molecule has 3 N–H and O–H groups in total. The third kappa shape index (κ3) is 6.24. The van der Waals surface area contributed by atoms with Crippen molar-refractivity contribution in [2.24, 2.45) is 5.92 Å². The number of hydrogen-bond acceptors (Lipinski definition) is 4. The van der Waals surface area contributed by atoms with Crippen molar-refractivity contribution in [2.75, 3.05) is 19.0 Å². The minimum atomic E-state index is -1.10. The van der Waals surface area contributed by atoms with E-state index in [-0.39, 0.29) is 6.54 Å². The third-order valence-corrected chi connectivity index (χ3v) is 4.48. The van der Waals surface area contributed by atoms with Gasteiger partial charge in [0.15, 0.2) is 0 Å². The molecule has 3 amide bonds. The predicted molar refractivity (Wildman–Crippen MR) is 112 cm³/mol. The van der Waals surface area contributed by atoms with Crippen molar-refractivity contribution in [3.8, 4) is 5.75 Å². The molecule has 2 rings (SSSR count). The molecule has 0 radical (unpaired) electrons. The van der Waals surface area contributed by atoms with Crippen LogP contribution in [0.25, 0.3) is 0 Å². The van der Waals surface area contributed by atoms with Gasteiger partial charge in [0, 0.05) is 0 Å². The van der Waals surface area contributed by atoms with E-state index in [4.69, 9.17) is 4.74 Å². The molecule has 0 heterocycles. The van der Waals surface area contributed by atoms with Crippen molar-refractivity contribution in [1.29, 1.82) is 0 Å². The fourth-order valence-corrected chi connectivity index (χ4v) is 2.85. The van der Waals surface area contributed by atoms with Gasteiger partial charge in [-0.15, -0.1) is 0 Å². The first-order valence-corrected chi connectivity index (χ1v) is 9.61. The first kappa shape index (κ1) is 23.8. The lowest BCUT2D eigenvalue weighted by molar-refractivity contribution is -0.126. The van der Waals surface area contributed by atoms with E-state index in [1.165, 1.54) is 7.11 Å². The van der Waals surface area contributed by atoms with Crippen molar-refractivity contribution in [1.82, 2.24) is 10.6 Å². The number of halogens is 2. The monoisotopic (exact) mass is 433 g/mol. The molecule has 0 aliphatic rings. The normalized spacial score (nSPS) is 11.6. The van der Waals surface area contributed by atoms with Gasteiger partial charge in [-0.2, -0.15) is 0 Å². The Balaban J connectivity index is 2.02. The SMILES string of the molecule is COc1ccc(C)cc1NC(=O)CNC(=O)C(NC(=O)c1c(F)cccc1F)C(C)C. The third-order valence-electron chi connectivity index (χ3n) is 4.48. The maximum Gasteiger partial charge on any atom is 0.257 e. The second kappa shape index (κ2) is 10.5. The largest absolute Gasteiger partial charge is 0.495 e. The maximum absolute atomic E-state index is 13.8. The van der Waals surface area contributed by atoms with Gasteiger partial charge in [-0.3, -0.25) is 14.4 Å². The second-order valence-electron chi connectivity index (χ2n) is 7.26. The lowest BCUT2D eigenvalue weighted by atomic mass is 10.0. The van der Waals surface area contributed by atoms with Crippen molar-refractivity contribution in [2.45, 2.75) is 26.8 Å². The summed E-state index contributed by atoms with van der Waals surface area (Å²) in [5.41, 5.74) is 0.582. The Labute approximate surface area is 179 Å². The minimum Gasteiger partial charge on any atom is -0.495 e. The average Bonchev–Trinajstić information content (AvgIpc) is 2.70. The van der Waals surface area contributed by atoms with Crippen molar-refractivity contribution >= 4 is 23.4 Å². The topological polar surface area (TPSA) is 96.5 Å². The molecular weight excluding hydrogens is 408 g/mol. The highest BCUT2D eigenvalue weighted by Gasteiger charge is 2.27. The molecule has 0 saturated heterocycles. The molecular formula is C22H25F2N3O4. The van der Waals surface area contributed by atoms with E-state index in [2.05, 4.69) is 16.0 Å². The molecule has 7 nitrogen and oxygen atoms in total. The molecule has 9 heteroatoms. The van der Waals surface area contributed by atoms with Crippen molar-refractivity contribution in [3.63, 3.8) is 0 Å². The van der Waals surface area contributed by atoms with Crippen LogP contribution >= 0.6 is 0 Å². The summed E-state index contributed by atoms with van der Waals surface area (Å²) in [7, 11) is 1.47. The van der Waals surface area contributed by atoms with Crippen LogP contribution in [-0.4, -0.2) is 37.4 Å². The number of benzene rings is 2. The summed E-state index contributed by atoms with van der Waals surface area (Å²) in [6, 6.07) is 7.18. The number of carbonyl (C=O) groups is 3. The smallest absolute Gasteiger partial charge is 0.257 e. The zero-order valence-electron chi connectivity index (χ0n) is 17.7. The fraction of sp³-hybridized carbons (Fsp3) is 0.318. The van der Waals surface area contributed by atoms with Crippen LogP contribution < -0.4 is 20.7 Å². The molecule has 166 valence electrons. The molecule has 31 heavy (non-hydrogen) atoms. The summed E-state index contributed by atoms with van der Waals surface area (Å²) in [4.78, 5) is 37.1. The first-order valence-electron chi connectivity index (χ1n) is 9.61. The summed E-state index contributed by atoms with van der Waals surface area (Å²) in [6.07, 6.45) is 0. The van der Waals surface area contributed by atoms with Gasteiger partial charge in [0.25, 0.3) is 5.91 Å². The Morgan fingerprint density at radius 3 is 2.29 bits per heavy atom. The van der Waals surface area contributed by atoms with E-state index >= 15 is 0 Å². The molecule has 0 fully saturated rings. The highest BCUT2D eigenvalue weighted by Crippen LogP contribution is 2.25. The number of aryl methyl sites for hydroxylation is 1. The molecule has 0 bridgehead atoms. The number of nitrogens with one attached hydrogen (secondary N) is 3. The standard InChI is InChI=1S/C22H25F2N3O4/c1-12(2)20(27-21(29)19-14(23)6-5-7-15(19)24)22(30)25-11-18(28)26-16-10-13(3)8-9-17(16)31-4/h5-10,12,20H,11H2,1-4H3,(H,25,30)(H,26,28)(H,27,29). The average molecular weight is 433 g/mol. The maximum atomic E-state index is 13.8. The van der Waals surface area contributed by atoms with Gasteiger partial charge in [-0.05, 0) is 42.7 Å². The van der Waals surface area contributed by atoms with Gasteiger partial charge in [0.2, 0.25) is 11.8 Å². The zero-order valence-corrected chi connectivity index (χ0v) is 17.7. The van der Waals surface area contributed by atoms with Crippen LogP contribution in [0.1, 0.15) is 29.8 Å². The summed E-state index contributed by atoms with van der Waals surface area (Å²) in [6.45, 7) is 4.79. The van der Waals surface area contributed by atoms with Crippen LogP contribution in [0.5, 0.6) is 5.75 Å². The van der Waals surface area contributed by atoms with Gasteiger partial charge in [0.1, 0.15) is 29.0 Å². The highest BCUT2D eigenvalue weighted by molar-refractivity contribution is 5.99. The number of carbonyl (C=O) groups excluding carboxylic acids is 3. The van der Waals surface area contributed by atoms with Gasteiger partial charge in [0.05, 0.1) is 19.3 Å². The first-order chi connectivity index (χ1) is 14.6. The predicted octanol–water partition coefficient (Wildman–Crippen LogP) is 2.79. The minimum absolute atomic E-state index is 0.372. The zero-order chi connectivity index (χ0) is 23.1. The van der Waals surface area contributed by atoms with E-state index < -0.39 is 46.9 Å². The van der Waals surface area contributed by atoms with E-state index in [1.54, 1.807) is 26.0 Å². The molecule has 1 atom stereocenters. The molecule has 2 aromatic carbocycles. The van der Waals surface area contributed by atoms with Gasteiger partial charge in [-0.1, -0.05) is 26.0 Å². The number of rotatable bonds is 8. The molecule has 0 spiro atoms. The molecule has 0 saturated carbocycles. The van der Waals surface area contributed by atoms with Crippen molar-refractivity contribution < 1.29 is 27.9 Å². The number of ether oxygens (including phenoxy) is 1. The van der Waals surface area contributed by atoms with Gasteiger partial charge in [-0.25, -0.2) is 8.78 Å². The molecule has 0 aliphatic heterocycles. The van der Waals surface area contributed by atoms with E-state index in [0.717, 1.165) is 23.8 Å². The van der Waals surface area contributed by atoms with Crippen LogP contribution in [0, 0.1) is 24.5 Å². The van der Waals surface area contributed by atoms with Crippen LogP contribution in [0.4, 0.5) is 14.5 Å². The molecule has 0 aliphatic carbocycles.